The Labute approximate surface area is 101 Å². The van der Waals surface area contributed by atoms with Gasteiger partial charge in [-0.2, -0.15) is 0 Å². The van der Waals surface area contributed by atoms with Crippen LogP contribution in [0.1, 0.15) is 20.8 Å². The van der Waals surface area contributed by atoms with Crippen molar-refractivity contribution in [2.45, 2.75) is 33.4 Å². The quantitative estimate of drug-likeness (QED) is 0.804. The molecule has 17 heavy (non-hydrogen) atoms. The number of aromatic nitrogens is 1. The fraction of sp³-hybridized carbons (Fsp3) is 0.500. The van der Waals surface area contributed by atoms with E-state index < -0.39 is 0 Å². The minimum absolute atomic E-state index is 0.000926. The van der Waals surface area contributed by atoms with Gasteiger partial charge in [-0.3, -0.25) is 9.59 Å². The van der Waals surface area contributed by atoms with Crippen molar-refractivity contribution in [3.63, 3.8) is 0 Å². The van der Waals surface area contributed by atoms with Gasteiger partial charge in [-0.15, -0.1) is 0 Å². The molecule has 0 saturated heterocycles. The number of nitrogens with two attached hydrogens (primary N) is 1. The van der Waals surface area contributed by atoms with Gasteiger partial charge in [0.25, 0.3) is 5.56 Å². The van der Waals surface area contributed by atoms with E-state index >= 15 is 0 Å². The number of carbonyl (C=O) groups is 1. The lowest BCUT2D eigenvalue weighted by atomic mass is 10.1. The summed E-state index contributed by atoms with van der Waals surface area (Å²) in [6.45, 7) is 5.99. The average Bonchev–Trinajstić information content (AvgIpc) is 2.24. The van der Waals surface area contributed by atoms with Gasteiger partial charge in [-0.25, -0.2) is 0 Å². The zero-order chi connectivity index (χ0) is 13.0. The first-order valence-electron chi connectivity index (χ1n) is 5.66. The Bertz CT molecular complexity index is 451. The van der Waals surface area contributed by atoms with Gasteiger partial charge in [-0.05, 0) is 25.0 Å². The van der Waals surface area contributed by atoms with Crippen LogP contribution in [0, 0.1) is 5.92 Å². The van der Waals surface area contributed by atoms with Crippen molar-refractivity contribution in [1.82, 2.24) is 9.88 Å². The summed E-state index contributed by atoms with van der Waals surface area (Å²) in [7, 11) is 0. The molecule has 0 aliphatic heterocycles. The molecular weight excluding hydrogens is 218 g/mol. The van der Waals surface area contributed by atoms with Crippen molar-refractivity contribution in [1.29, 1.82) is 0 Å². The van der Waals surface area contributed by atoms with Crippen molar-refractivity contribution in [2.75, 3.05) is 5.73 Å². The van der Waals surface area contributed by atoms with Crippen molar-refractivity contribution in [3.05, 3.63) is 28.7 Å². The summed E-state index contributed by atoms with van der Waals surface area (Å²) in [5, 5.41) is 2.84. The number of pyridine rings is 1. The number of hydrogen-bond donors (Lipinski definition) is 2. The van der Waals surface area contributed by atoms with Crippen LogP contribution in [0.3, 0.4) is 0 Å². The number of nitrogens with one attached hydrogen (secondary N) is 1. The van der Waals surface area contributed by atoms with E-state index in [1.54, 1.807) is 12.3 Å². The molecule has 94 valence electrons. The number of nitrogen functional groups attached to an aromatic ring is 1. The molecule has 0 spiro atoms. The van der Waals surface area contributed by atoms with Crippen LogP contribution >= 0.6 is 0 Å². The Morgan fingerprint density at radius 2 is 2.12 bits per heavy atom. The van der Waals surface area contributed by atoms with Gasteiger partial charge in [0.2, 0.25) is 5.91 Å². The Balaban J connectivity index is 2.69. The zero-order valence-electron chi connectivity index (χ0n) is 10.4. The summed E-state index contributed by atoms with van der Waals surface area (Å²) in [6, 6.07) is 3.25. The van der Waals surface area contributed by atoms with E-state index in [-0.39, 0.29) is 29.7 Å². The van der Waals surface area contributed by atoms with Gasteiger partial charge in [0, 0.05) is 12.2 Å². The number of anilines is 1. The third-order valence-corrected chi connectivity index (χ3v) is 2.75. The summed E-state index contributed by atoms with van der Waals surface area (Å²) in [4.78, 5) is 23.3. The van der Waals surface area contributed by atoms with Crippen LogP contribution in [0.5, 0.6) is 0 Å². The molecular formula is C12H19N3O2. The lowest BCUT2D eigenvalue weighted by Gasteiger charge is -2.17. The summed E-state index contributed by atoms with van der Waals surface area (Å²) in [6.07, 6.45) is 1.55. The lowest BCUT2D eigenvalue weighted by Crippen LogP contribution is -2.39. The van der Waals surface area contributed by atoms with E-state index in [1.165, 1.54) is 10.6 Å². The molecule has 0 saturated carbocycles. The number of nitrogens with zero attached hydrogens (tertiary/aromatic N) is 1. The van der Waals surface area contributed by atoms with Crippen LogP contribution < -0.4 is 16.6 Å². The van der Waals surface area contributed by atoms with Crippen LogP contribution in [-0.2, 0) is 11.3 Å². The van der Waals surface area contributed by atoms with Crippen LogP contribution in [0.15, 0.2) is 23.1 Å². The standard InChI is InChI=1S/C12H19N3O2/c1-8(2)9(3)14-11(16)7-15-6-4-5-10(13)12(15)17/h4-6,8-9H,7,13H2,1-3H3,(H,14,16). The third-order valence-electron chi connectivity index (χ3n) is 2.75. The normalized spacial score (nSPS) is 12.5. The van der Waals surface area contributed by atoms with Gasteiger partial charge >= 0.3 is 0 Å². The van der Waals surface area contributed by atoms with Gasteiger partial charge in [0.05, 0.1) is 5.69 Å². The van der Waals surface area contributed by atoms with Crippen LogP contribution in [0.25, 0.3) is 0 Å². The van der Waals surface area contributed by atoms with Crippen molar-refractivity contribution in [2.24, 2.45) is 5.92 Å². The lowest BCUT2D eigenvalue weighted by molar-refractivity contribution is -0.122. The molecule has 1 heterocycles. The second-order valence-corrected chi connectivity index (χ2v) is 4.50. The fourth-order valence-electron chi connectivity index (χ4n) is 1.30. The molecule has 1 unspecified atom stereocenters. The molecule has 0 bridgehead atoms. The third kappa shape index (κ3) is 3.62. The molecule has 1 aromatic heterocycles. The predicted molar refractivity (Wildman–Crippen MR) is 67.6 cm³/mol. The van der Waals surface area contributed by atoms with Crippen LogP contribution in [-0.4, -0.2) is 16.5 Å². The van der Waals surface area contributed by atoms with E-state index in [0.717, 1.165) is 0 Å². The molecule has 0 fully saturated rings. The Hall–Kier alpha value is -1.78. The molecule has 0 aliphatic rings. The monoisotopic (exact) mass is 237 g/mol. The largest absolute Gasteiger partial charge is 0.394 e. The molecule has 1 atom stereocenters. The minimum Gasteiger partial charge on any atom is -0.394 e. The van der Waals surface area contributed by atoms with E-state index in [0.29, 0.717) is 5.92 Å². The van der Waals surface area contributed by atoms with Gasteiger partial charge in [0.15, 0.2) is 0 Å². The highest BCUT2D eigenvalue weighted by atomic mass is 16.2. The number of carbonyl (C=O) groups excluding carboxylic acids is 1. The number of amides is 1. The minimum atomic E-state index is -0.333. The smallest absolute Gasteiger partial charge is 0.274 e. The Morgan fingerprint density at radius 3 is 2.71 bits per heavy atom. The molecule has 1 amide bonds. The highest BCUT2D eigenvalue weighted by Gasteiger charge is 2.11. The van der Waals surface area contributed by atoms with Crippen molar-refractivity contribution < 1.29 is 4.79 Å². The van der Waals surface area contributed by atoms with Gasteiger partial charge in [-0.1, -0.05) is 13.8 Å². The van der Waals surface area contributed by atoms with Crippen LogP contribution in [0.2, 0.25) is 0 Å². The van der Waals surface area contributed by atoms with E-state index in [9.17, 15) is 9.59 Å². The maximum atomic E-state index is 11.7. The topological polar surface area (TPSA) is 77.1 Å². The molecule has 0 aromatic carbocycles. The van der Waals surface area contributed by atoms with Crippen molar-refractivity contribution in [3.8, 4) is 0 Å². The molecule has 5 nitrogen and oxygen atoms in total. The van der Waals surface area contributed by atoms with Gasteiger partial charge < -0.3 is 15.6 Å². The van der Waals surface area contributed by atoms with Crippen LogP contribution in [0.4, 0.5) is 5.69 Å². The molecule has 3 N–H and O–H groups in total. The van der Waals surface area contributed by atoms with E-state index in [2.05, 4.69) is 5.32 Å². The van der Waals surface area contributed by atoms with E-state index in [4.69, 9.17) is 5.73 Å². The Morgan fingerprint density at radius 1 is 1.47 bits per heavy atom. The highest BCUT2D eigenvalue weighted by Crippen LogP contribution is 1.99. The molecule has 5 heteroatoms. The second-order valence-electron chi connectivity index (χ2n) is 4.50. The van der Waals surface area contributed by atoms with Crippen molar-refractivity contribution >= 4 is 11.6 Å². The second kappa shape index (κ2) is 5.52. The molecule has 1 aromatic rings. The average molecular weight is 237 g/mol. The summed E-state index contributed by atoms with van der Waals surface area (Å²) >= 11 is 0. The first-order valence-corrected chi connectivity index (χ1v) is 5.66. The van der Waals surface area contributed by atoms with Gasteiger partial charge in [0.1, 0.15) is 6.54 Å². The SMILES string of the molecule is CC(C)C(C)NC(=O)Cn1cccc(N)c1=O. The Kier molecular flexibility index (Phi) is 4.31. The predicted octanol–water partition coefficient (Wildman–Crippen LogP) is 0.591. The first-order chi connectivity index (χ1) is 7.91. The molecule has 0 aliphatic carbocycles. The summed E-state index contributed by atoms with van der Waals surface area (Å²) in [5.41, 5.74) is 5.30. The number of hydrogen-bond acceptors (Lipinski definition) is 3. The number of rotatable bonds is 4. The fourth-order valence-corrected chi connectivity index (χ4v) is 1.30. The maximum absolute atomic E-state index is 11.7. The first kappa shape index (κ1) is 13.3. The maximum Gasteiger partial charge on any atom is 0.274 e. The summed E-state index contributed by atoms with van der Waals surface area (Å²) in [5.74, 6) is 0.176. The van der Waals surface area contributed by atoms with E-state index in [1.807, 2.05) is 20.8 Å². The summed E-state index contributed by atoms with van der Waals surface area (Å²) < 4.78 is 1.30. The highest BCUT2D eigenvalue weighted by molar-refractivity contribution is 5.76. The zero-order valence-corrected chi connectivity index (χ0v) is 10.4. The molecule has 1 rings (SSSR count). The molecule has 0 radical (unpaired) electrons.